The van der Waals surface area contributed by atoms with Crippen LogP contribution in [0.3, 0.4) is 0 Å². The molecule has 4 rings (SSSR count). The minimum atomic E-state index is -0.872. The number of methoxy groups -OCH3 is 2. The first-order chi connectivity index (χ1) is 19.2. The summed E-state index contributed by atoms with van der Waals surface area (Å²) in [6.45, 7) is 4.61. The number of carbonyl (C=O) groups is 2. The van der Waals surface area contributed by atoms with E-state index in [0.717, 1.165) is 34.6 Å². The topological polar surface area (TPSA) is 85.9 Å². The highest BCUT2D eigenvalue weighted by atomic mass is 127. The molecule has 3 aromatic carbocycles. The normalized spacial score (nSPS) is 16.8. The van der Waals surface area contributed by atoms with Crippen molar-refractivity contribution in [1.82, 2.24) is 0 Å². The van der Waals surface area contributed by atoms with E-state index in [1.807, 2.05) is 85.0 Å². The molecule has 0 bridgehead atoms. The number of hydrogen-bond acceptors (Lipinski definition) is 7. The molecule has 1 fully saturated rings. The zero-order valence-electron chi connectivity index (χ0n) is 23.1. The number of benzene rings is 3. The SMILES string of the molecule is COc1ccc(CNc2c(C)c(I)c(OC(=O)C3CC(C)CCC3=O)c(F)c2NCc2ccc(OC)cc2)cc1. The summed E-state index contributed by atoms with van der Waals surface area (Å²) in [5, 5.41) is 6.57. The summed E-state index contributed by atoms with van der Waals surface area (Å²) in [6, 6.07) is 15.1. The number of halogens is 2. The zero-order valence-corrected chi connectivity index (χ0v) is 25.3. The van der Waals surface area contributed by atoms with Crippen molar-refractivity contribution in [2.45, 2.75) is 46.2 Å². The van der Waals surface area contributed by atoms with Gasteiger partial charge in [-0.25, -0.2) is 4.39 Å². The van der Waals surface area contributed by atoms with E-state index in [0.29, 0.717) is 35.2 Å². The van der Waals surface area contributed by atoms with E-state index >= 15 is 4.39 Å². The van der Waals surface area contributed by atoms with Gasteiger partial charge in [0.25, 0.3) is 0 Å². The van der Waals surface area contributed by atoms with Gasteiger partial charge in [0.15, 0.2) is 11.6 Å². The van der Waals surface area contributed by atoms with Gasteiger partial charge in [0, 0.05) is 19.5 Å². The first-order valence-corrected chi connectivity index (χ1v) is 14.3. The van der Waals surface area contributed by atoms with E-state index in [9.17, 15) is 9.59 Å². The Morgan fingerprint density at radius 2 is 1.48 bits per heavy atom. The molecule has 2 unspecified atom stereocenters. The highest BCUT2D eigenvalue weighted by Gasteiger charge is 2.35. The Morgan fingerprint density at radius 1 is 0.950 bits per heavy atom. The zero-order chi connectivity index (χ0) is 28.8. The van der Waals surface area contributed by atoms with Crippen molar-refractivity contribution in [3.63, 3.8) is 0 Å². The monoisotopic (exact) mass is 660 g/mol. The molecule has 3 aromatic rings. The minimum Gasteiger partial charge on any atom is -0.497 e. The number of hydrogen-bond donors (Lipinski definition) is 2. The molecule has 7 nitrogen and oxygen atoms in total. The van der Waals surface area contributed by atoms with Crippen LogP contribution in [0.25, 0.3) is 0 Å². The number of nitrogens with one attached hydrogen (secondary N) is 2. The van der Waals surface area contributed by atoms with Crippen molar-refractivity contribution in [3.05, 3.63) is 74.6 Å². The number of ketones is 1. The first kappa shape index (κ1) is 29.6. The van der Waals surface area contributed by atoms with Crippen LogP contribution in [-0.2, 0) is 22.7 Å². The van der Waals surface area contributed by atoms with Crippen LogP contribution in [0.15, 0.2) is 48.5 Å². The van der Waals surface area contributed by atoms with Gasteiger partial charge >= 0.3 is 5.97 Å². The molecule has 0 radical (unpaired) electrons. The largest absolute Gasteiger partial charge is 0.497 e. The molecule has 0 saturated heterocycles. The number of ether oxygens (including phenoxy) is 3. The van der Waals surface area contributed by atoms with Crippen LogP contribution in [0.1, 0.15) is 42.9 Å². The maximum absolute atomic E-state index is 16.2. The van der Waals surface area contributed by atoms with E-state index in [1.165, 1.54) is 0 Å². The maximum Gasteiger partial charge on any atom is 0.322 e. The van der Waals surface area contributed by atoms with Crippen molar-refractivity contribution >= 4 is 45.7 Å². The second-order valence-electron chi connectivity index (χ2n) is 10.1. The summed E-state index contributed by atoms with van der Waals surface area (Å²) < 4.78 is 32.8. The van der Waals surface area contributed by atoms with Crippen molar-refractivity contribution in [3.8, 4) is 17.2 Å². The molecule has 40 heavy (non-hydrogen) atoms. The lowest BCUT2D eigenvalue weighted by Crippen LogP contribution is -2.33. The van der Waals surface area contributed by atoms with Gasteiger partial charge in [0.2, 0.25) is 0 Å². The predicted octanol–water partition coefficient (Wildman–Crippen LogP) is 6.89. The van der Waals surface area contributed by atoms with Gasteiger partial charge < -0.3 is 24.8 Å². The quantitative estimate of drug-likeness (QED) is 0.106. The molecule has 1 saturated carbocycles. The van der Waals surface area contributed by atoms with E-state index in [1.54, 1.807) is 14.2 Å². The van der Waals surface area contributed by atoms with Crippen molar-refractivity contribution in [1.29, 1.82) is 0 Å². The van der Waals surface area contributed by atoms with Crippen LogP contribution in [-0.4, -0.2) is 26.0 Å². The number of Topliss-reactive ketones (excluding diaryl/α,β-unsaturated/α-hetero) is 1. The van der Waals surface area contributed by atoms with Gasteiger partial charge in [-0.1, -0.05) is 31.2 Å². The first-order valence-electron chi connectivity index (χ1n) is 13.2. The third-order valence-corrected chi connectivity index (χ3v) is 8.53. The average Bonchev–Trinajstić information content (AvgIpc) is 2.97. The van der Waals surface area contributed by atoms with Gasteiger partial charge in [-0.2, -0.15) is 0 Å². The molecule has 2 atom stereocenters. The second-order valence-corrected chi connectivity index (χ2v) is 11.1. The average molecular weight is 661 g/mol. The summed E-state index contributed by atoms with van der Waals surface area (Å²) in [5.41, 5.74) is 3.37. The highest BCUT2D eigenvalue weighted by Crippen LogP contribution is 2.41. The van der Waals surface area contributed by atoms with E-state index in [2.05, 4.69) is 10.6 Å². The molecule has 9 heteroatoms. The van der Waals surface area contributed by atoms with Crippen LogP contribution in [0.5, 0.6) is 17.2 Å². The standard InChI is InChI=1S/C31H34FIN2O5/c1-18-5-14-25(36)24(15-18)31(37)40-30-26(32)29(35-17-21-8-12-23(39-4)13-9-21)28(19(2)27(30)33)34-16-20-6-10-22(38-3)11-7-20/h6-13,18,24,34-35H,5,14-17H2,1-4H3. The molecule has 0 aromatic heterocycles. The lowest BCUT2D eigenvalue weighted by molar-refractivity contribution is -0.146. The molecule has 2 N–H and O–H groups in total. The fraction of sp³-hybridized carbons (Fsp3) is 0.355. The molecular formula is C31H34FIN2O5. The van der Waals surface area contributed by atoms with Crippen LogP contribution >= 0.6 is 22.6 Å². The Balaban J connectivity index is 1.65. The number of esters is 1. The number of rotatable bonds is 10. The molecular weight excluding hydrogens is 626 g/mol. The van der Waals surface area contributed by atoms with Crippen LogP contribution in [0.2, 0.25) is 0 Å². The fourth-order valence-electron chi connectivity index (χ4n) is 4.75. The minimum absolute atomic E-state index is 0.147. The van der Waals surface area contributed by atoms with E-state index < -0.39 is 17.7 Å². The fourth-order valence-corrected chi connectivity index (χ4v) is 5.36. The summed E-state index contributed by atoms with van der Waals surface area (Å²) in [5.74, 6) is -0.873. The molecule has 0 amide bonds. The number of anilines is 2. The third kappa shape index (κ3) is 6.86. The summed E-state index contributed by atoms with van der Waals surface area (Å²) in [4.78, 5) is 25.5. The Labute approximate surface area is 247 Å². The van der Waals surface area contributed by atoms with Crippen molar-refractivity contribution in [2.24, 2.45) is 11.8 Å². The van der Waals surface area contributed by atoms with Gasteiger partial charge in [0.05, 0.1) is 29.2 Å². The van der Waals surface area contributed by atoms with Crippen molar-refractivity contribution < 1.29 is 28.2 Å². The summed E-state index contributed by atoms with van der Waals surface area (Å²) in [7, 11) is 3.21. The second kappa shape index (κ2) is 13.3. The molecule has 1 aliphatic rings. The lowest BCUT2D eigenvalue weighted by atomic mass is 9.81. The van der Waals surface area contributed by atoms with Crippen molar-refractivity contribution in [2.75, 3.05) is 24.9 Å². The molecule has 0 aliphatic heterocycles. The Morgan fingerprint density at radius 3 is 2.00 bits per heavy atom. The van der Waals surface area contributed by atoms with Gasteiger partial charge in [-0.05, 0) is 89.2 Å². The van der Waals surface area contributed by atoms with Gasteiger partial charge in [-0.3, -0.25) is 9.59 Å². The van der Waals surface area contributed by atoms with Crippen LogP contribution in [0.4, 0.5) is 15.8 Å². The Bertz CT molecular complexity index is 1360. The smallest absolute Gasteiger partial charge is 0.322 e. The Kier molecular flexibility index (Phi) is 9.89. The van der Waals surface area contributed by atoms with E-state index in [-0.39, 0.29) is 23.1 Å². The summed E-state index contributed by atoms with van der Waals surface area (Å²) in [6.07, 6.45) is 1.50. The third-order valence-electron chi connectivity index (χ3n) is 7.23. The van der Waals surface area contributed by atoms with Crippen LogP contribution < -0.4 is 24.8 Å². The lowest BCUT2D eigenvalue weighted by Gasteiger charge is -2.25. The van der Waals surface area contributed by atoms with E-state index in [4.69, 9.17) is 14.2 Å². The molecule has 212 valence electrons. The Hall–Kier alpha value is -3.34. The number of carbonyl (C=O) groups excluding carboxylic acids is 2. The molecule has 1 aliphatic carbocycles. The van der Waals surface area contributed by atoms with Gasteiger partial charge in [-0.15, -0.1) is 0 Å². The van der Waals surface area contributed by atoms with Crippen LogP contribution in [0, 0.1) is 28.1 Å². The molecule has 0 heterocycles. The summed E-state index contributed by atoms with van der Waals surface area (Å²) >= 11 is 2.00. The molecule has 0 spiro atoms. The highest BCUT2D eigenvalue weighted by molar-refractivity contribution is 14.1. The predicted molar refractivity (Wildman–Crippen MR) is 162 cm³/mol. The maximum atomic E-state index is 16.2. The van der Waals surface area contributed by atoms with Gasteiger partial charge in [0.1, 0.15) is 23.2 Å².